The van der Waals surface area contributed by atoms with Crippen molar-refractivity contribution in [1.82, 2.24) is 10.6 Å². The van der Waals surface area contributed by atoms with Crippen LogP contribution in [0, 0.1) is 0 Å². The molecule has 3 N–H and O–H groups in total. The van der Waals surface area contributed by atoms with E-state index in [1.165, 1.54) is 0 Å². The molecule has 0 aliphatic carbocycles. The highest BCUT2D eigenvalue weighted by atomic mass is 16.7. The van der Waals surface area contributed by atoms with Gasteiger partial charge in [-0.1, -0.05) is 0 Å². The van der Waals surface area contributed by atoms with E-state index < -0.39 is 0 Å². The van der Waals surface area contributed by atoms with Crippen LogP contribution in [0.15, 0.2) is 18.2 Å². The van der Waals surface area contributed by atoms with Gasteiger partial charge in [-0.05, 0) is 32.0 Å². The van der Waals surface area contributed by atoms with E-state index in [2.05, 4.69) is 22.9 Å². The highest BCUT2D eigenvalue weighted by Crippen LogP contribution is 2.34. The molecule has 6 heteroatoms. The van der Waals surface area contributed by atoms with Gasteiger partial charge in [0, 0.05) is 23.8 Å². The second-order valence-electron chi connectivity index (χ2n) is 5.46. The minimum Gasteiger partial charge on any atom is -0.454 e. The Morgan fingerprint density at radius 3 is 3.05 bits per heavy atom. The summed E-state index contributed by atoms with van der Waals surface area (Å²) >= 11 is 0. The van der Waals surface area contributed by atoms with Gasteiger partial charge in [0.15, 0.2) is 11.5 Å². The lowest BCUT2D eigenvalue weighted by Gasteiger charge is -2.24. The molecule has 1 fully saturated rings. The molecule has 0 bridgehead atoms. The molecular formula is C14H19N3O3. The van der Waals surface area contributed by atoms with Gasteiger partial charge in [-0.25, -0.2) is 0 Å². The molecule has 20 heavy (non-hydrogen) atoms. The number of ether oxygens (including phenoxy) is 2. The number of benzene rings is 1. The van der Waals surface area contributed by atoms with Gasteiger partial charge in [0.1, 0.15) is 0 Å². The van der Waals surface area contributed by atoms with Crippen LogP contribution in [0.1, 0.15) is 13.3 Å². The average molecular weight is 277 g/mol. The van der Waals surface area contributed by atoms with Crippen LogP contribution in [0.3, 0.4) is 0 Å². The van der Waals surface area contributed by atoms with Crippen molar-refractivity contribution in [3.8, 4) is 11.5 Å². The number of anilines is 1. The van der Waals surface area contributed by atoms with E-state index in [-0.39, 0.29) is 18.2 Å². The quantitative estimate of drug-likeness (QED) is 0.755. The van der Waals surface area contributed by atoms with Crippen molar-refractivity contribution < 1.29 is 14.3 Å². The third kappa shape index (κ3) is 2.86. The summed E-state index contributed by atoms with van der Waals surface area (Å²) in [5.41, 5.74) is 0.724. The summed E-state index contributed by atoms with van der Waals surface area (Å²) in [6, 6.07) is 5.39. The Labute approximate surface area is 117 Å². The molecule has 0 aromatic heterocycles. The summed E-state index contributed by atoms with van der Waals surface area (Å²) in [4.78, 5) is 11.9. The predicted molar refractivity (Wildman–Crippen MR) is 75.1 cm³/mol. The molecule has 0 spiro atoms. The van der Waals surface area contributed by atoms with Crippen LogP contribution in [0.2, 0.25) is 0 Å². The van der Waals surface area contributed by atoms with E-state index in [4.69, 9.17) is 9.47 Å². The minimum absolute atomic E-state index is 0.00618. The monoisotopic (exact) mass is 277 g/mol. The molecule has 1 unspecified atom stereocenters. The van der Waals surface area contributed by atoms with E-state index in [1.54, 1.807) is 12.1 Å². The lowest BCUT2D eigenvalue weighted by Crippen LogP contribution is -2.47. The van der Waals surface area contributed by atoms with Gasteiger partial charge in [-0.2, -0.15) is 0 Å². The van der Waals surface area contributed by atoms with Crippen molar-refractivity contribution in [3.05, 3.63) is 18.2 Å². The van der Waals surface area contributed by atoms with Crippen LogP contribution in [0.5, 0.6) is 11.5 Å². The zero-order valence-corrected chi connectivity index (χ0v) is 11.5. The summed E-state index contributed by atoms with van der Waals surface area (Å²) in [6.07, 6.45) is 1.03. The van der Waals surface area contributed by atoms with Crippen molar-refractivity contribution in [2.75, 3.05) is 31.7 Å². The van der Waals surface area contributed by atoms with Crippen LogP contribution in [0.4, 0.5) is 5.69 Å². The second-order valence-corrected chi connectivity index (χ2v) is 5.46. The lowest BCUT2D eigenvalue weighted by atomic mass is 10.0. The molecule has 0 saturated carbocycles. The zero-order valence-electron chi connectivity index (χ0n) is 11.5. The fourth-order valence-electron chi connectivity index (χ4n) is 2.44. The third-order valence-corrected chi connectivity index (χ3v) is 3.70. The number of fused-ring (bicyclic) bond motifs is 1. The summed E-state index contributed by atoms with van der Waals surface area (Å²) in [5.74, 6) is 1.32. The van der Waals surface area contributed by atoms with Crippen molar-refractivity contribution >= 4 is 11.6 Å². The standard InChI is InChI=1S/C14H19N3O3/c1-14(4-5-15-8-14)16-7-13(18)17-10-2-3-11-12(6-10)20-9-19-11/h2-3,6,15-16H,4-5,7-9H2,1H3,(H,17,18). The van der Waals surface area contributed by atoms with Gasteiger partial charge in [0.25, 0.3) is 0 Å². The van der Waals surface area contributed by atoms with Crippen molar-refractivity contribution in [2.24, 2.45) is 0 Å². The Kier molecular flexibility index (Phi) is 3.50. The van der Waals surface area contributed by atoms with E-state index >= 15 is 0 Å². The number of rotatable bonds is 4. The van der Waals surface area contributed by atoms with E-state index in [0.29, 0.717) is 18.0 Å². The van der Waals surface area contributed by atoms with Gasteiger partial charge < -0.3 is 25.4 Å². The number of amides is 1. The molecule has 6 nitrogen and oxygen atoms in total. The molecule has 1 aromatic carbocycles. The molecular weight excluding hydrogens is 258 g/mol. The second kappa shape index (κ2) is 5.30. The Bertz CT molecular complexity index is 512. The van der Waals surface area contributed by atoms with E-state index in [1.807, 2.05) is 6.07 Å². The Hall–Kier alpha value is -1.79. The molecule has 1 aromatic rings. The van der Waals surface area contributed by atoms with Crippen LogP contribution in [-0.4, -0.2) is 37.9 Å². The summed E-state index contributed by atoms with van der Waals surface area (Å²) in [7, 11) is 0. The molecule has 0 radical (unpaired) electrons. The normalized spacial score (nSPS) is 23.9. The highest BCUT2D eigenvalue weighted by Gasteiger charge is 2.28. The van der Waals surface area contributed by atoms with Gasteiger partial charge in [0.2, 0.25) is 12.7 Å². The topological polar surface area (TPSA) is 71.6 Å². The van der Waals surface area contributed by atoms with E-state index in [0.717, 1.165) is 25.2 Å². The summed E-state index contributed by atoms with van der Waals surface area (Å²) < 4.78 is 10.5. The molecule has 2 aliphatic rings. The van der Waals surface area contributed by atoms with Crippen molar-refractivity contribution in [2.45, 2.75) is 18.9 Å². The summed E-state index contributed by atoms with van der Waals surface area (Å²) in [5, 5.41) is 9.45. The smallest absolute Gasteiger partial charge is 0.238 e. The number of carbonyl (C=O) groups is 1. The van der Waals surface area contributed by atoms with Crippen LogP contribution < -0.4 is 25.4 Å². The number of nitrogens with one attached hydrogen (secondary N) is 3. The number of hydrogen-bond donors (Lipinski definition) is 3. The first kappa shape index (κ1) is 13.2. The Balaban J connectivity index is 1.53. The van der Waals surface area contributed by atoms with Crippen molar-refractivity contribution in [1.29, 1.82) is 0 Å². The maximum Gasteiger partial charge on any atom is 0.238 e. The predicted octanol–water partition coefficient (Wildman–Crippen LogP) is 0.695. The number of hydrogen-bond acceptors (Lipinski definition) is 5. The molecule has 2 aliphatic heterocycles. The largest absolute Gasteiger partial charge is 0.454 e. The molecule has 108 valence electrons. The fourth-order valence-corrected chi connectivity index (χ4v) is 2.44. The van der Waals surface area contributed by atoms with Crippen LogP contribution in [0.25, 0.3) is 0 Å². The van der Waals surface area contributed by atoms with Crippen molar-refractivity contribution in [3.63, 3.8) is 0 Å². The molecule has 3 rings (SSSR count). The van der Waals surface area contributed by atoms with Gasteiger partial charge in [-0.15, -0.1) is 0 Å². The summed E-state index contributed by atoms with van der Waals surface area (Å²) in [6.45, 7) is 4.55. The average Bonchev–Trinajstić information content (AvgIpc) is 3.05. The highest BCUT2D eigenvalue weighted by molar-refractivity contribution is 5.92. The zero-order chi connectivity index (χ0) is 14.0. The molecule has 1 amide bonds. The molecule has 1 saturated heterocycles. The lowest BCUT2D eigenvalue weighted by molar-refractivity contribution is -0.115. The number of carbonyl (C=O) groups excluding carboxylic acids is 1. The fraction of sp³-hybridized carbons (Fsp3) is 0.500. The van der Waals surface area contributed by atoms with Crippen LogP contribution >= 0.6 is 0 Å². The minimum atomic E-state index is -0.0583. The Morgan fingerprint density at radius 2 is 2.25 bits per heavy atom. The van der Waals surface area contributed by atoms with Gasteiger partial charge >= 0.3 is 0 Å². The van der Waals surface area contributed by atoms with Gasteiger partial charge in [0.05, 0.1) is 6.54 Å². The third-order valence-electron chi connectivity index (χ3n) is 3.70. The maximum atomic E-state index is 11.9. The van der Waals surface area contributed by atoms with E-state index in [9.17, 15) is 4.79 Å². The first-order valence-electron chi connectivity index (χ1n) is 6.80. The molecule has 1 atom stereocenters. The first-order chi connectivity index (χ1) is 9.65. The van der Waals surface area contributed by atoms with Crippen LogP contribution in [-0.2, 0) is 4.79 Å². The first-order valence-corrected chi connectivity index (χ1v) is 6.80. The molecule has 2 heterocycles. The van der Waals surface area contributed by atoms with Gasteiger partial charge in [-0.3, -0.25) is 4.79 Å². The maximum absolute atomic E-state index is 11.9. The SMILES string of the molecule is CC1(NCC(=O)Nc2ccc3c(c2)OCO3)CCNC1. The Morgan fingerprint density at radius 1 is 1.40 bits per heavy atom.